The van der Waals surface area contributed by atoms with Crippen LogP contribution in [0.2, 0.25) is 0 Å². The van der Waals surface area contributed by atoms with Crippen LogP contribution in [-0.2, 0) is 0 Å². The number of likely N-dealkylation sites (N-methyl/N-ethyl adjacent to an activating group) is 1. The monoisotopic (exact) mass is 277 g/mol. The molecule has 2 atom stereocenters. The zero-order valence-electron chi connectivity index (χ0n) is 11.8. The maximum Gasteiger partial charge on any atom is 0.217 e. The molecule has 0 spiro atoms. The second-order valence-electron chi connectivity index (χ2n) is 4.77. The van der Waals surface area contributed by atoms with Crippen molar-refractivity contribution in [1.82, 2.24) is 4.90 Å². The lowest BCUT2D eigenvalue weighted by Crippen LogP contribution is -2.42. The van der Waals surface area contributed by atoms with E-state index >= 15 is 0 Å². The van der Waals surface area contributed by atoms with Crippen molar-refractivity contribution in [3.8, 4) is 5.75 Å². The predicted octanol–water partition coefficient (Wildman–Crippen LogP) is 3.47. The summed E-state index contributed by atoms with van der Waals surface area (Å²) in [5.74, 6) is 0.861. The third kappa shape index (κ3) is 2.92. The molecule has 4 nitrogen and oxygen atoms in total. The van der Waals surface area contributed by atoms with Gasteiger partial charge in [-0.25, -0.2) is 0 Å². The maximum atomic E-state index is 5.96. The van der Waals surface area contributed by atoms with Crippen molar-refractivity contribution in [3.63, 3.8) is 0 Å². The number of hydrogen-bond acceptors (Lipinski definition) is 3. The highest BCUT2D eigenvalue weighted by molar-refractivity contribution is 7.80. The molecule has 2 rings (SSSR count). The Hall–Kier alpha value is -1.49. The third-order valence-corrected chi connectivity index (χ3v) is 3.70. The van der Waals surface area contributed by atoms with Crippen LogP contribution in [0.15, 0.2) is 28.4 Å². The van der Waals surface area contributed by atoms with Crippen molar-refractivity contribution < 1.29 is 4.74 Å². The second kappa shape index (κ2) is 5.65. The Kier molecular flexibility index (Phi) is 4.14. The van der Waals surface area contributed by atoms with Gasteiger partial charge in [0, 0.05) is 6.54 Å². The molecule has 1 heterocycles. The van der Waals surface area contributed by atoms with E-state index in [0.717, 1.165) is 12.3 Å². The summed E-state index contributed by atoms with van der Waals surface area (Å²) in [6.45, 7) is 8.99. The average molecular weight is 277 g/mol. The Morgan fingerprint density at radius 3 is 2.74 bits per heavy atom. The van der Waals surface area contributed by atoms with Crippen molar-refractivity contribution >= 4 is 17.3 Å². The topological polar surface area (TPSA) is 37.2 Å². The zero-order valence-corrected chi connectivity index (χ0v) is 12.6. The maximum absolute atomic E-state index is 5.96. The molecule has 5 heteroatoms. The van der Waals surface area contributed by atoms with Crippen LogP contribution in [0.3, 0.4) is 0 Å². The molecule has 1 aliphatic rings. The van der Waals surface area contributed by atoms with Crippen molar-refractivity contribution in [2.45, 2.75) is 40.0 Å². The van der Waals surface area contributed by atoms with Gasteiger partial charge < -0.3 is 9.64 Å². The number of ether oxygens (including phenoxy) is 1. The number of benzene rings is 1. The Balaban J connectivity index is 2.08. The molecule has 1 aromatic rings. The normalized spacial score (nSPS) is 19.9. The summed E-state index contributed by atoms with van der Waals surface area (Å²) in [5.41, 5.74) is 2.48. The number of hydrogen-bond donors (Lipinski definition) is 0. The quantitative estimate of drug-likeness (QED) is 0.791. The first kappa shape index (κ1) is 13.9. The smallest absolute Gasteiger partial charge is 0.217 e. The largest absolute Gasteiger partial charge is 0.486 e. The van der Waals surface area contributed by atoms with E-state index in [-0.39, 0.29) is 12.3 Å². The van der Waals surface area contributed by atoms with Crippen molar-refractivity contribution in [2.24, 2.45) is 10.2 Å². The molecule has 0 aromatic heterocycles. The van der Waals surface area contributed by atoms with E-state index in [1.54, 1.807) is 0 Å². The molecule has 1 aliphatic heterocycles. The number of rotatable bonds is 4. The molecule has 0 bridgehead atoms. The molecule has 2 unspecified atom stereocenters. The fraction of sp³-hybridized carbons (Fsp3) is 0.500. The highest BCUT2D eigenvalue weighted by Crippen LogP contribution is 2.22. The van der Waals surface area contributed by atoms with Gasteiger partial charge >= 0.3 is 0 Å². The molecular weight excluding hydrogens is 258 g/mol. The van der Waals surface area contributed by atoms with E-state index in [1.807, 2.05) is 30.9 Å². The minimum absolute atomic E-state index is 0.0914. The van der Waals surface area contributed by atoms with E-state index in [1.165, 1.54) is 11.1 Å². The molecule has 19 heavy (non-hydrogen) atoms. The fourth-order valence-corrected chi connectivity index (χ4v) is 2.36. The lowest BCUT2D eigenvalue weighted by atomic mass is 10.1. The Morgan fingerprint density at radius 2 is 2.11 bits per heavy atom. The highest BCUT2D eigenvalue weighted by atomic mass is 32.1. The molecule has 0 radical (unpaired) electrons. The molecular formula is C14H19N3OS. The molecule has 0 fully saturated rings. The summed E-state index contributed by atoms with van der Waals surface area (Å²) in [6, 6.07) is 6.10. The summed E-state index contributed by atoms with van der Waals surface area (Å²) in [7, 11) is 0. The molecule has 102 valence electrons. The van der Waals surface area contributed by atoms with Gasteiger partial charge in [0.1, 0.15) is 11.9 Å². The minimum atomic E-state index is -0.126. The molecule has 0 amide bonds. The van der Waals surface area contributed by atoms with E-state index in [4.69, 9.17) is 17.0 Å². The van der Waals surface area contributed by atoms with Gasteiger partial charge in [-0.05, 0) is 63.2 Å². The van der Waals surface area contributed by atoms with Crippen LogP contribution in [0.1, 0.15) is 25.0 Å². The predicted molar refractivity (Wildman–Crippen MR) is 79.6 cm³/mol. The SMILES string of the molecule is CCN1C(=S)N=NC1C(C)Oc1ccc(C)c(C)c1. The van der Waals surface area contributed by atoms with Crippen LogP contribution >= 0.6 is 12.2 Å². The first-order chi connectivity index (χ1) is 9.02. The summed E-state index contributed by atoms with van der Waals surface area (Å²) >= 11 is 5.15. The van der Waals surface area contributed by atoms with Crippen molar-refractivity contribution in [3.05, 3.63) is 29.3 Å². The third-order valence-electron chi connectivity index (χ3n) is 3.39. The Morgan fingerprint density at radius 1 is 1.37 bits per heavy atom. The molecule has 0 saturated heterocycles. The van der Waals surface area contributed by atoms with Gasteiger partial charge in [0.2, 0.25) is 5.11 Å². The van der Waals surface area contributed by atoms with Crippen LogP contribution in [0.5, 0.6) is 5.75 Å². The highest BCUT2D eigenvalue weighted by Gasteiger charge is 2.31. The summed E-state index contributed by atoms with van der Waals surface area (Å²) in [4.78, 5) is 1.97. The van der Waals surface area contributed by atoms with Gasteiger partial charge in [0.15, 0.2) is 6.17 Å². The van der Waals surface area contributed by atoms with Gasteiger partial charge in [-0.1, -0.05) is 6.07 Å². The molecule has 0 aliphatic carbocycles. The first-order valence-electron chi connectivity index (χ1n) is 6.48. The number of aryl methyl sites for hydroxylation is 2. The summed E-state index contributed by atoms with van der Waals surface area (Å²) in [6.07, 6.45) is -0.217. The van der Waals surface area contributed by atoms with Gasteiger partial charge in [-0.15, -0.1) is 5.11 Å². The van der Waals surface area contributed by atoms with Gasteiger partial charge in [-0.2, -0.15) is 5.11 Å². The number of azo groups is 1. The van der Waals surface area contributed by atoms with Crippen molar-refractivity contribution in [1.29, 1.82) is 0 Å². The number of thiocarbonyl (C=S) groups is 1. The van der Waals surface area contributed by atoms with Gasteiger partial charge in [-0.3, -0.25) is 0 Å². The van der Waals surface area contributed by atoms with Crippen LogP contribution in [0, 0.1) is 13.8 Å². The lowest BCUT2D eigenvalue weighted by Gasteiger charge is -2.26. The van der Waals surface area contributed by atoms with E-state index in [2.05, 4.69) is 30.1 Å². The second-order valence-corrected chi connectivity index (χ2v) is 5.13. The lowest BCUT2D eigenvalue weighted by molar-refractivity contribution is 0.133. The summed E-state index contributed by atoms with van der Waals surface area (Å²) in [5, 5.41) is 8.70. The van der Waals surface area contributed by atoms with Crippen molar-refractivity contribution in [2.75, 3.05) is 6.54 Å². The van der Waals surface area contributed by atoms with E-state index in [0.29, 0.717) is 5.11 Å². The van der Waals surface area contributed by atoms with Crippen LogP contribution in [0.25, 0.3) is 0 Å². The standard InChI is InChI=1S/C14H19N3OS/c1-5-17-13(15-16-14(17)19)11(4)18-12-7-6-9(2)10(3)8-12/h6-8,11,13H,5H2,1-4H3. The van der Waals surface area contributed by atoms with Gasteiger partial charge in [0.05, 0.1) is 0 Å². The zero-order chi connectivity index (χ0) is 14.0. The molecule has 1 aromatic carbocycles. The van der Waals surface area contributed by atoms with Crippen LogP contribution in [-0.4, -0.2) is 28.8 Å². The molecule has 0 N–H and O–H groups in total. The first-order valence-corrected chi connectivity index (χ1v) is 6.89. The minimum Gasteiger partial charge on any atom is -0.486 e. The fourth-order valence-electron chi connectivity index (χ4n) is 2.07. The Bertz CT molecular complexity index is 515. The average Bonchev–Trinajstić information content (AvgIpc) is 2.75. The van der Waals surface area contributed by atoms with E-state index in [9.17, 15) is 0 Å². The van der Waals surface area contributed by atoms with Gasteiger partial charge in [0.25, 0.3) is 0 Å². The number of nitrogens with zero attached hydrogens (tertiary/aromatic N) is 3. The van der Waals surface area contributed by atoms with Crippen LogP contribution < -0.4 is 4.74 Å². The van der Waals surface area contributed by atoms with Crippen LogP contribution in [0.4, 0.5) is 0 Å². The molecule has 0 saturated carbocycles. The summed E-state index contributed by atoms with van der Waals surface area (Å²) < 4.78 is 5.96. The van der Waals surface area contributed by atoms with E-state index < -0.39 is 0 Å². The Labute approximate surface area is 119 Å².